The molecule has 0 radical (unpaired) electrons. The molecule has 0 saturated carbocycles. The Hall–Kier alpha value is -1.92. The van der Waals surface area contributed by atoms with E-state index in [9.17, 15) is 5.26 Å². The number of nitrogens with one attached hydrogen (secondary N) is 1. The molecule has 2 nitrogen and oxygen atoms in total. The normalized spacial score (nSPS) is 10.4. The van der Waals surface area contributed by atoms with Crippen LogP contribution in [-0.4, -0.2) is 5.75 Å². The van der Waals surface area contributed by atoms with Crippen LogP contribution in [0.5, 0.6) is 0 Å². The van der Waals surface area contributed by atoms with Crippen molar-refractivity contribution < 1.29 is 0 Å². The van der Waals surface area contributed by atoms with Gasteiger partial charge in [0.1, 0.15) is 6.07 Å². The lowest BCUT2D eigenvalue weighted by molar-refractivity contribution is 0.869. The van der Waals surface area contributed by atoms with E-state index in [0.717, 1.165) is 27.6 Å². The minimum Gasteiger partial charge on any atom is -0.354 e. The molecule has 2 aromatic carbocycles. The van der Waals surface area contributed by atoms with Crippen LogP contribution in [0.3, 0.4) is 0 Å². The molecular weight excluding hydrogens is 276 g/mol. The van der Waals surface area contributed by atoms with E-state index in [0.29, 0.717) is 5.92 Å². The SMILES string of the molecule is CCSc1cccc(Nc2ccccc2C(C)C)c1C#N. The largest absolute Gasteiger partial charge is 0.354 e. The number of nitrogens with zero attached hydrogens (tertiary/aromatic N) is 1. The average Bonchev–Trinajstić information content (AvgIpc) is 2.48. The van der Waals surface area contributed by atoms with Crippen molar-refractivity contribution in [1.82, 2.24) is 0 Å². The van der Waals surface area contributed by atoms with Crippen LogP contribution in [0.1, 0.15) is 37.8 Å². The summed E-state index contributed by atoms with van der Waals surface area (Å²) in [6, 6.07) is 16.6. The molecule has 0 saturated heterocycles. The van der Waals surface area contributed by atoms with Crippen LogP contribution in [0.25, 0.3) is 0 Å². The molecule has 0 heterocycles. The maximum atomic E-state index is 9.48. The fourth-order valence-electron chi connectivity index (χ4n) is 2.29. The molecular formula is C18H20N2S. The number of hydrogen-bond donors (Lipinski definition) is 1. The molecule has 0 bridgehead atoms. The zero-order valence-electron chi connectivity index (χ0n) is 12.7. The van der Waals surface area contributed by atoms with Crippen molar-refractivity contribution >= 4 is 23.1 Å². The van der Waals surface area contributed by atoms with Crippen LogP contribution >= 0.6 is 11.8 Å². The van der Waals surface area contributed by atoms with Gasteiger partial charge in [0.15, 0.2) is 0 Å². The van der Waals surface area contributed by atoms with E-state index in [2.05, 4.69) is 50.4 Å². The first-order valence-electron chi connectivity index (χ1n) is 7.19. The van der Waals surface area contributed by atoms with Crippen LogP contribution in [-0.2, 0) is 0 Å². The number of rotatable bonds is 5. The van der Waals surface area contributed by atoms with Gasteiger partial charge in [0, 0.05) is 10.6 Å². The first-order valence-corrected chi connectivity index (χ1v) is 8.17. The van der Waals surface area contributed by atoms with Gasteiger partial charge >= 0.3 is 0 Å². The minimum absolute atomic E-state index is 0.437. The van der Waals surface area contributed by atoms with Crippen molar-refractivity contribution in [2.45, 2.75) is 31.6 Å². The van der Waals surface area contributed by atoms with Crippen LogP contribution < -0.4 is 5.32 Å². The van der Waals surface area contributed by atoms with E-state index in [-0.39, 0.29) is 0 Å². The van der Waals surface area contributed by atoms with Crippen LogP contribution in [0.2, 0.25) is 0 Å². The van der Waals surface area contributed by atoms with Crippen molar-refractivity contribution in [3.8, 4) is 6.07 Å². The highest BCUT2D eigenvalue weighted by Gasteiger charge is 2.11. The monoisotopic (exact) mass is 296 g/mol. The third-order valence-electron chi connectivity index (χ3n) is 3.29. The van der Waals surface area contributed by atoms with Gasteiger partial charge in [-0.05, 0) is 35.4 Å². The number of nitriles is 1. The van der Waals surface area contributed by atoms with Gasteiger partial charge in [-0.1, -0.05) is 45.0 Å². The van der Waals surface area contributed by atoms with Gasteiger partial charge < -0.3 is 5.32 Å². The van der Waals surface area contributed by atoms with Gasteiger partial charge in [-0.2, -0.15) is 5.26 Å². The van der Waals surface area contributed by atoms with E-state index in [4.69, 9.17) is 0 Å². The summed E-state index contributed by atoms with van der Waals surface area (Å²) in [5.74, 6) is 1.40. The quantitative estimate of drug-likeness (QED) is 0.736. The molecule has 3 heteroatoms. The second-order valence-corrected chi connectivity index (χ2v) is 6.40. The third-order valence-corrected chi connectivity index (χ3v) is 4.23. The Labute approximate surface area is 131 Å². The minimum atomic E-state index is 0.437. The Bertz CT molecular complexity index is 657. The highest BCUT2D eigenvalue weighted by Crippen LogP contribution is 2.32. The lowest BCUT2D eigenvalue weighted by Crippen LogP contribution is -2.00. The smallest absolute Gasteiger partial charge is 0.103 e. The van der Waals surface area contributed by atoms with Crippen LogP contribution in [0, 0.1) is 11.3 Å². The Morgan fingerprint density at radius 3 is 2.48 bits per heavy atom. The molecule has 1 N–H and O–H groups in total. The van der Waals surface area contributed by atoms with Crippen LogP contribution in [0.4, 0.5) is 11.4 Å². The van der Waals surface area contributed by atoms with E-state index in [1.807, 2.05) is 24.3 Å². The lowest BCUT2D eigenvalue weighted by atomic mass is 10.0. The standard InChI is InChI=1S/C18H20N2S/c1-4-21-18-11-7-10-17(15(18)12-19)20-16-9-6-5-8-14(16)13(2)3/h5-11,13,20H,4H2,1-3H3. The van der Waals surface area contributed by atoms with Crippen molar-refractivity contribution in [2.24, 2.45) is 0 Å². The summed E-state index contributed by atoms with van der Waals surface area (Å²) >= 11 is 1.70. The molecule has 0 aliphatic heterocycles. The second-order valence-electron chi connectivity index (χ2n) is 5.09. The Balaban J connectivity index is 2.41. The zero-order valence-corrected chi connectivity index (χ0v) is 13.5. The van der Waals surface area contributed by atoms with Gasteiger partial charge in [0.25, 0.3) is 0 Å². The number of anilines is 2. The zero-order chi connectivity index (χ0) is 15.2. The molecule has 2 rings (SSSR count). The summed E-state index contributed by atoms with van der Waals surface area (Å²) in [6.07, 6.45) is 0. The fourth-order valence-corrected chi connectivity index (χ4v) is 3.07. The van der Waals surface area contributed by atoms with Gasteiger partial charge in [0.2, 0.25) is 0 Å². The molecule has 0 aliphatic rings. The van der Waals surface area contributed by atoms with Gasteiger partial charge in [-0.15, -0.1) is 11.8 Å². The molecule has 0 unspecified atom stereocenters. The molecule has 0 amide bonds. The molecule has 0 aromatic heterocycles. The van der Waals surface area contributed by atoms with E-state index < -0.39 is 0 Å². The summed E-state index contributed by atoms with van der Waals surface area (Å²) in [5, 5.41) is 12.9. The van der Waals surface area contributed by atoms with E-state index >= 15 is 0 Å². The number of hydrogen-bond acceptors (Lipinski definition) is 3. The maximum Gasteiger partial charge on any atom is 0.103 e. The first-order chi connectivity index (χ1) is 10.2. The molecule has 0 atom stereocenters. The Kier molecular flexibility index (Phi) is 5.30. The molecule has 0 fully saturated rings. The van der Waals surface area contributed by atoms with E-state index in [1.165, 1.54) is 5.56 Å². The molecule has 21 heavy (non-hydrogen) atoms. The predicted molar refractivity (Wildman–Crippen MR) is 91.4 cm³/mol. The summed E-state index contributed by atoms with van der Waals surface area (Å²) in [6.45, 7) is 6.45. The van der Waals surface area contributed by atoms with Crippen molar-refractivity contribution in [3.05, 3.63) is 53.6 Å². The Morgan fingerprint density at radius 2 is 1.81 bits per heavy atom. The molecule has 2 aromatic rings. The molecule has 108 valence electrons. The van der Waals surface area contributed by atoms with Crippen LogP contribution in [0.15, 0.2) is 47.4 Å². The summed E-state index contributed by atoms with van der Waals surface area (Å²) in [7, 11) is 0. The first kappa shape index (κ1) is 15.5. The predicted octanol–water partition coefficient (Wildman–Crippen LogP) is 5.54. The fraction of sp³-hybridized carbons (Fsp3) is 0.278. The molecule has 0 aliphatic carbocycles. The average molecular weight is 296 g/mol. The maximum absolute atomic E-state index is 9.48. The third kappa shape index (κ3) is 3.59. The van der Waals surface area contributed by atoms with Crippen molar-refractivity contribution in [2.75, 3.05) is 11.1 Å². The van der Waals surface area contributed by atoms with Crippen molar-refractivity contribution in [3.63, 3.8) is 0 Å². The topological polar surface area (TPSA) is 35.8 Å². The number of thioether (sulfide) groups is 1. The molecule has 0 spiro atoms. The lowest BCUT2D eigenvalue weighted by Gasteiger charge is -2.16. The summed E-state index contributed by atoms with van der Waals surface area (Å²) < 4.78 is 0. The Morgan fingerprint density at radius 1 is 1.10 bits per heavy atom. The second kappa shape index (κ2) is 7.19. The summed E-state index contributed by atoms with van der Waals surface area (Å²) in [5.41, 5.74) is 3.93. The highest BCUT2D eigenvalue weighted by molar-refractivity contribution is 7.99. The van der Waals surface area contributed by atoms with E-state index in [1.54, 1.807) is 11.8 Å². The van der Waals surface area contributed by atoms with Crippen molar-refractivity contribution in [1.29, 1.82) is 5.26 Å². The number of benzene rings is 2. The summed E-state index contributed by atoms with van der Waals surface area (Å²) in [4.78, 5) is 1.03. The number of para-hydroxylation sites is 1. The highest BCUT2D eigenvalue weighted by atomic mass is 32.2. The van der Waals surface area contributed by atoms with Gasteiger partial charge in [-0.3, -0.25) is 0 Å². The van der Waals surface area contributed by atoms with Gasteiger partial charge in [-0.25, -0.2) is 0 Å². The van der Waals surface area contributed by atoms with Gasteiger partial charge in [0.05, 0.1) is 11.3 Å².